The van der Waals surface area contributed by atoms with Gasteiger partial charge in [0.25, 0.3) is 0 Å². The summed E-state index contributed by atoms with van der Waals surface area (Å²) in [6.07, 6.45) is 5.47. The molecular formula is C16H30N2O3S. The SMILES string of the molecule is CSCCCCNC1C(NC(=O)OC(C)(C)C)C2CCOC21. The maximum atomic E-state index is 12.0. The van der Waals surface area contributed by atoms with Gasteiger partial charge in [-0.1, -0.05) is 0 Å². The van der Waals surface area contributed by atoms with Gasteiger partial charge in [-0.3, -0.25) is 0 Å². The second-order valence-corrected chi connectivity index (χ2v) is 8.13. The minimum absolute atomic E-state index is 0.128. The minimum Gasteiger partial charge on any atom is -0.444 e. The molecule has 0 aromatic carbocycles. The molecule has 128 valence electrons. The number of amides is 1. The third kappa shape index (κ3) is 4.77. The summed E-state index contributed by atoms with van der Waals surface area (Å²) < 4.78 is 11.2. The van der Waals surface area contributed by atoms with Gasteiger partial charge in [0, 0.05) is 12.5 Å². The molecule has 1 aliphatic carbocycles. The van der Waals surface area contributed by atoms with Crippen molar-refractivity contribution in [2.45, 2.75) is 63.8 Å². The fourth-order valence-corrected chi connectivity index (χ4v) is 3.72. The second kappa shape index (κ2) is 7.88. The van der Waals surface area contributed by atoms with E-state index in [0.717, 1.165) is 26.0 Å². The smallest absolute Gasteiger partial charge is 0.407 e. The molecule has 1 saturated carbocycles. The van der Waals surface area contributed by atoms with Crippen LogP contribution >= 0.6 is 11.8 Å². The van der Waals surface area contributed by atoms with Crippen molar-refractivity contribution in [2.75, 3.05) is 25.2 Å². The maximum absolute atomic E-state index is 12.0. The van der Waals surface area contributed by atoms with Crippen molar-refractivity contribution in [2.24, 2.45) is 5.92 Å². The van der Waals surface area contributed by atoms with E-state index in [2.05, 4.69) is 16.9 Å². The zero-order valence-electron chi connectivity index (χ0n) is 14.2. The van der Waals surface area contributed by atoms with E-state index in [0.29, 0.717) is 5.92 Å². The Labute approximate surface area is 138 Å². The van der Waals surface area contributed by atoms with Crippen molar-refractivity contribution in [3.63, 3.8) is 0 Å². The van der Waals surface area contributed by atoms with E-state index in [1.807, 2.05) is 32.5 Å². The first kappa shape index (κ1) is 17.9. The Hall–Kier alpha value is -0.460. The Morgan fingerprint density at radius 1 is 1.32 bits per heavy atom. The highest BCUT2D eigenvalue weighted by molar-refractivity contribution is 7.98. The minimum atomic E-state index is -0.458. The first-order valence-corrected chi connectivity index (χ1v) is 9.65. The third-order valence-corrected chi connectivity index (χ3v) is 4.92. The number of ether oxygens (including phenoxy) is 2. The first-order chi connectivity index (χ1) is 10.4. The Balaban J connectivity index is 1.78. The lowest BCUT2D eigenvalue weighted by Gasteiger charge is -2.48. The predicted octanol–water partition coefficient (Wildman–Crippen LogP) is 2.40. The normalized spacial score (nSPS) is 30.5. The quantitative estimate of drug-likeness (QED) is 0.702. The summed E-state index contributed by atoms with van der Waals surface area (Å²) in [6.45, 7) is 7.43. The van der Waals surface area contributed by atoms with Gasteiger partial charge in [-0.25, -0.2) is 4.79 Å². The molecule has 0 aromatic rings. The molecule has 4 atom stereocenters. The van der Waals surface area contributed by atoms with Gasteiger partial charge in [-0.05, 0) is 58.6 Å². The highest BCUT2D eigenvalue weighted by Gasteiger charge is 2.54. The summed E-state index contributed by atoms with van der Waals surface area (Å²) >= 11 is 1.88. The zero-order chi connectivity index (χ0) is 16.2. The molecule has 2 aliphatic rings. The largest absolute Gasteiger partial charge is 0.444 e. The number of alkyl carbamates (subject to hydrolysis) is 1. The molecule has 2 N–H and O–H groups in total. The molecule has 0 aromatic heterocycles. The lowest BCUT2D eigenvalue weighted by atomic mass is 9.71. The van der Waals surface area contributed by atoms with Crippen LogP contribution in [0.15, 0.2) is 0 Å². The highest BCUT2D eigenvalue weighted by Crippen LogP contribution is 2.39. The summed E-state index contributed by atoms with van der Waals surface area (Å²) in [4.78, 5) is 12.0. The number of hydrogen-bond acceptors (Lipinski definition) is 5. The van der Waals surface area contributed by atoms with Gasteiger partial charge >= 0.3 is 6.09 Å². The molecule has 22 heavy (non-hydrogen) atoms. The van der Waals surface area contributed by atoms with Gasteiger partial charge in [0.15, 0.2) is 0 Å². The lowest BCUT2D eigenvalue weighted by Crippen LogP contribution is -2.70. The van der Waals surface area contributed by atoms with Crippen LogP contribution in [0.4, 0.5) is 4.79 Å². The summed E-state index contributed by atoms with van der Waals surface area (Å²) in [5, 5.41) is 6.60. The van der Waals surface area contributed by atoms with Crippen LogP contribution < -0.4 is 10.6 Å². The van der Waals surface area contributed by atoms with Crippen LogP contribution in [0.3, 0.4) is 0 Å². The number of carbonyl (C=O) groups excluding carboxylic acids is 1. The number of nitrogens with one attached hydrogen (secondary N) is 2. The van der Waals surface area contributed by atoms with Gasteiger partial charge in [-0.15, -0.1) is 0 Å². The number of carbonyl (C=O) groups is 1. The Bertz CT molecular complexity index is 373. The summed E-state index contributed by atoms with van der Waals surface area (Å²) in [5.74, 6) is 1.63. The van der Waals surface area contributed by atoms with Gasteiger partial charge in [0.1, 0.15) is 5.60 Å². The summed E-state index contributed by atoms with van der Waals surface area (Å²) in [6, 6.07) is 0.345. The number of unbranched alkanes of at least 4 members (excludes halogenated alkanes) is 1. The van der Waals surface area contributed by atoms with E-state index >= 15 is 0 Å². The van der Waals surface area contributed by atoms with Crippen LogP contribution in [-0.4, -0.2) is 55.0 Å². The van der Waals surface area contributed by atoms with E-state index in [9.17, 15) is 4.79 Å². The van der Waals surface area contributed by atoms with Crippen molar-refractivity contribution >= 4 is 17.9 Å². The van der Waals surface area contributed by atoms with Crippen molar-refractivity contribution in [1.29, 1.82) is 0 Å². The second-order valence-electron chi connectivity index (χ2n) is 7.14. The Morgan fingerprint density at radius 3 is 2.77 bits per heavy atom. The molecule has 2 rings (SSSR count). The molecule has 1 amide bonds. The Morgan fingerprint density at radius 2 is 2.09 bits per heavy atom. The summed E-state index contributed by atoms with van der Waals surface area (Å²) in [5.41, 5.74) is -0.458. The topological polar surface area (TPSA) is 59.6 Å². The van der Waals surface area contributed by atoms with E-state index in [-0.39, 0.29) is 24.3 Å². The van der Waals surface area contributed by atoms with E-state index < -0.39 is 5.60 Å². The number of thioether (sulfide) groups is 1. The van der Waals surface area contributed by atoms with Crippen molar-refractivity contribution in [1.82, 2.24) is 10.6 Å². The van der Waals surface area contributed by atoms with Crippen molar-refractivity contribution in [3.05, 3.63) is 0 Å². The average molecular weight is 330 g/mol. The molecule has 1 aliphatic heterocycles. The first-order valence-electron chi connectivity index (χ1n) is 8.26. The van der Waals surface area contributed by atoms with E-state index in [1.165, 1.54) is 12.2 Å². The van der Waals surface area contributed by atoms with E-state index in [4.69, 9.17) is 9.47 Å². The standard InChI is InChI=1S/C16H30N2O3S/c1-16(2,3)21-15(19)18-12-11-7-9-20-14(11)13(12)17-8-5-6-10-22-4/h11-14,17H,5-10H2,1-4H3,(H,18,19). The Kier molecular flexibility index (Phi) is 6.41. The molecule has 1 heterocycles. The lowest BCUT2D eigenvalue weighted by molar-refractivity contribution is -0.0337. The van der Waals surface area contributed by atoms with Crippen LogP contribution in [0, 0.1) is 5.92 Å². The van der Waals surface area contributed by atoms with Crippen molar-refractivity contribution in [3.8, 4) is 0 Å². The highest BCUT2D eigenvalue weighted by atomic mass is 32.2. The number of hydrogen-bond donors (Lipinski definition) is 2. The van der Waals surface area contributed by atoms with Crippen LogP contribution in [0.5, 0.6) is 0 Å². The fraction of sp³-hybridized carbons (Fsp3) is 0.938. The molecule has 4 unspecified atom stereocenters. The van der Waals surface area contributed by atoms with Gasteiger partial charge in [0.05, 0.1) is 18.2 Å². The molecule has 0 bridgehead atoms. The number of fused-ring (bicyclic) bond motifs is 1. The molecule has 1 saturated heterocycles. The molecule has 2 fully saturated rings. The molecule has 5 nitrogen and oxygen atoms in total. The predicted molar refractivity (Wildman–Crippen MR) is 90.4 cm³/mol. The molecule has 6 heteroatoms. The zero-order valence-corrected chi connectivity index (χ0v) is 15.0. The van der Waals surface area contributed by atoms with Crippen LogP contribution in [-0.2, 0) is 9.47 Å². The number of rotatable bonds is 7. The fourth-order valence-electron chi connectivity index (χ4n) is 3.23. The van der Waals surface area contributed by atoms with Crippen molar-refractivity contribution < 1.29 is 14.3 Å². The summed E-state index contributed by atoms with van der Waals surface area (Å²) in [7, 11) is 0. The van der Waals surface area contributed by atoms with Crippen LogP contribution in [0.2, 0.25) is 0 Å². The molecular weight excluding hydrogens is 300 g/mol. The van der Waals surface area contributed by atoms with Crippen LogP contribution in [0.25, 0.3) is 0 Å². The third-order valence-electron chi connectivity index (χ3n) is 4.22. The van der Waals surface area contributed by atoms with Gasteiger partial charge < -0.3 is 20.1 Å². The average Bonchev–Trinajstić information content (AvgIpc) is 2.82. The van der Waals surface area contributed by atoms with Gasteiger partial charge in [0.2, 0.25) is 0 Å². The van der Waals surface area contributed by atoms with Crippen LogP contribution in [0.1, 0.15) is 40.0 Å². The van der Waals surface area contributed by atoms with E-state index in [1.54, 1.807) is 0 Å². The monoisotopic (exact) mass is 330 g/mol. The molecule has 0 radical (unpaired) electrons. The van der Waals surface area contributed by atoms with Gasteiger partial charge in [-0.2, -0.15) is 11.8 Å². The maximum Gasteiger partial charge on any atom is 0.407 e. The molecule has 0 spiro atoms.